The number of nitrogens with zero attached hydrogens (tertiary/aromatic N) is 1. The van der Waals surface area contributed by atoms with Crippen LogP contribution in [0.2, 0.25) is 0 Å². The topological polar surface area (TPSA) is 33.1 Å². The maximum atomic E-state index is 11.9. The zero-order valence-corrected chi connectivity index (χ0v) is 7.54. The third-order valence-electron chi connectivity index (χ3n) is 1.35. The average Bonchev–Trinajstić information content (AvgIpc) is 2.47. The monoisotopic (exact) mass is 251 g/mol. The molecule has 1 aromatic heterocycles. The predicted octanol–water partition coefficient (Wildman–Crippen LogP) is 2.76. The van der Waals surface area contributed by atoms with E-state index in [9.17, 15) is 26.3 Å². The highest BCUT2D eigenvalue weighted by molar-refractivity contribution is 7.11. The lowest BCUT2D eigenvalue weighted by Crippen LogP contribution is -2.19. The van der Waals surface area contributed by atoms with Gasteiger partial charge in [0.15, 0.2) is 11.1 Å². The molecule has 0 fully saturated rings. The molecule has 86 valence electrons. The van der Waals surface area contributed by atoms with Crippen molar-refractivity contribution in [1.82, 2.24) is 4.98 Å². The summed E-state index contributed by atoms with van der Waals surface area (Å²) in [6.07, 6.45) is -12.3. The van der Waals surface area contributed by atoms with Crippen LogP contribution in [0.25, 0.3) is 0 Å². The first-order valence-electron chi connectivity index (χ1n) is 3.40. The fraction of sp³-hybridized carbons (Fsp3) is 0.500. The van der Waals surface area contributed by atoms with Gasteiger partial charge in [-0.25, -0.2) is 4.98 Å². The number of halogens is 6. The number of hydrogen-bond acceptors (Lipinski definition) is 3. The number of aliphatic hydroxyl groups excluding tert-OH is 1. The van der Waals surface area contributed by atoms with Gasteiger partial charge < -0.3 is 5.11 Å². The van der Waals surface area contributed by atoms with E-state index < -0.39 is 28.3 Å². The van der Waals surface area contributed by atoms with Crippen molar-refractivity contribution in [2.45, 2.75) is 18.5 Å². The standard InChI is InChI=1S/C6H3F6NOS/c7-5(8,9)3(14)2-1-13-4(15-2)6(10,11)12/h1,3,14H. The van der Waals surface area contributed by atoms with Gasteiger partial charge in [0, 0.05) is 6.20 Å². The van der Waals surface area contributed by atoms with Gasteiger partial charge in [0.25, 0.3) is 0 Å². The highest BCUT2D eigenvalue weighted by atomic mass is 32.1. The molecule has 0 spiro atoms. The molecule has 0 radical (unpaired) electrons. The SMILES string of the molecule is OC(c1cnc(C(F)(F)F)s1)C(F)(F)F. The highest BCUT2D eigenvalue weighted by Crippen LogP contribution is 2.39. The first-order chi connectivity index (χ1) is 6.62. The number of rotatable bonds is 1. The van der Waals surface area contributed by atoms with Crippen LogP contribution in [-0.2, 0) is 6.18 Å². The van der Waals surface area contributed by atoms with Gasteiger partial charge in [-0.2, -0.15) is 26.3 Å². The molecule has 0 aliphatic carbocycles. The van der Waals surface area contributed by atoms with Crippen LogP contribution in [0.5, 0.6) is 0 Å². The molecule has 15 heavy (non-hydrogen) atoms. The fourth-order valence-electron chi connectivity index (χ4n) is 0.705. The lowest BCUT2D eigenvalue weighted by molar-refractivity contribution is -0.205. The average molecular weight is 251 g/mol. The van der Waals surface area contributed by atoms with E-state index in [2.05, 4.69) is 4.98 Å². The van der Waals surface area contributed by atoms with Crippen LogP contribution in [0, 0.1) is 0 Å². The quantitative estimate of drug-likeness (QED) is 0.778. The molecule has 1 rings (SSSR count). The van der Waals surface area contributed by atoms with Gasteiger partial charge in [-0.1, -0.05) is 0 Å². The first kappa shape index (κ1) is 12.2. The van der Waals surface area contributed by atoms with Gasteiger partial charge in [0.2, 0.25) is 0 Å². The molecule has 1 N–H and O–H groups in total. The zero-order valence-electron chi connectivity index (χ0n) is 6.73. The van der Waals surface area contributed by atoms with Crippen LogP contribution in [0.1, 0.15) is 16.0 Å². The number of aliphatic hydroxyl groups is 1. The summed E-state index contributed by atoms with van der Waals surface area (Å²) in [7, 11) is 0. The van der Waals surface area contributed by atoms with Gasteiger partial charge in [0.05, 0.1) is 4.88 Å². The van der Waals surface area contributed by atoms with Crippen molar-refractivity contribution < 1.29 is 31.4 Å². The van der Waals surface area contributed by atoms with Crippen molar-refractivity contribution in [3.8, 4) is 0 Å². The first-order valence-corrected chi connectivity index (χ1v) is 4.21. The molecule has 1 unspecified atom stereocenters. The minimum atomic E-state index is -4.99. The summed E-state index contributed by atoms with van der Waals surface area (Å²) in [6, 6.07) is 0. The minimum Gasteiger partial charge on any atom is -0.379 e. The van der Waals surface area contributed by atoms with Crippen LogP contribution >= 0.6 is 11.3 Å². The molecule has 0 aliphatic heterocycles. The number of alkyl halides is 6. The normalized spacial score (nSPS) is 15.4. The fourth-order valence-corrected chi connectivity index (χ4v) is 1.50. The second-order valence-electron chi connectivity index (χ2n) is 2.51. The van der Waals surface area contributed by atoms with E-state index in [1.54, 1.807) is 0 Å². The molecule has 0 aliphatic rings. The molecule has 2 nitrogen and oxygen atoms in total. The number of hydrogen-bond donors (Lipinski definition) is 1. The van der Waals surface area contributed by atoms with Crippen molar-refractivity contribution in [2.24, 2.45) is 0 Å². The van der Waals surface area contributed by atoms with Gasteiger partial charge in [-0.3, -0.25) is 0 Å². The second kappa shape index (κ2) is 3.63. The Kier molecular flexibility index (Phi) is 2.97. The van der Waals surface area contributed by atoms with E-state index in [-0.39, 0.29) is 11.3 Å². The summed E-state index contributed by atoms with van der Waals surface area (Å²) in [4.78, 5) is 1.88. The van der Waals surface area contributed by atoms with E-state index in [4.69, 9.17) is 5.11 Å². The van der Waals surface area contributed by atoms with E-state index in [1.807, 2.05) is 0 Å². The molecular formula is C6H3F6NOS. The Morgan fingerprint density at radius 2 is 1.73 bits per heavy atom. The highest BCUT2D eigenvalue weighted by Gasteiger charge is 2.42. The zero-order chi connectivity index (χ0) is 11.9. The van der Waals surface area contributed by atoms with Crippen molar-refractivity contribution in [3.05, 3.63) is 16.1 Å². The van der Waals surface area contributed by atoms with Crippen LogP contribution in [0.3, 0.4) is 0 Å². The predicted molar refractivity (Wildman–Crippen MR) is 38.1 cm³/mol. The third-order valence-corrected chi connectivity index (χ3v) is 2.44. The van der Waals surface area contributed by atoms with Crippen LogP contribution in [-0.4, -0.2) is 16.3 Å². The Morgan fingerprint density at radius 3 is 2.07 bits per heavy atom. The molecule has 1 aromatic rings. The Balaban J connectivity index is 2.95. The summed E-state index contributed by atoms with van der Waals surface area (Å²) < 4.78 is 71.5. The Morgan fingerprint density at radius 1 is 1.20 bits per heavy atom. The maximum Gasteiger partial charge on any atom is 0.443 e. The molecule has 0 bridgehead atoms. The summed E-state index contributed by atoms with van der Waals surface area (Å²) in [5.74, 6) is 0. The molecule has 1 heterocycles. The Labute approximate surface area is 83.2 Å². The van der Waals surface area contributed by atoms with Crippen molar-refractivity contribution in [2.75, 3.05) is 0 Å². The van der Waals surface area contributed by atoms with E-state index in [0.717, 1.165) is 0 Å². The molecule has 1 atom stereocenters. The molecule has 0 saturated carbocycles. The lowest BCUT2D eigenvalue weighted by Gasteiger charge is -2.11. The molecule has 9 heteroatoms. The third kappa shape index (κ3) is 2.81. The van der Waals surface area contributed by atoms with Crippen molar-refractivity contribution in [3.63, 3.8) is 0 Å². The van der Waals surface area contributed by atoms with Crippen LogP contribution < -0.4 is 0 Å². The largest absolute Gasteiger partial charge is 0.443 e. The Bertz CT molecular complexity index is 342. The summed E-state index contributed by atoms with van der Waals surface area (Å²) in [5.41, 5.74) is 0. The number of aromatic nitrogens is 1. The maximum absolute atomic E-state index is 11.9. The van der Waals surface area contributed by atoms with Gasteiger partial charge in [0.1, 0.15) is 0 Å². The number of thiazole rings is 1. The van der Waals surface area contributed by atoms with Gasteiger partial charge in [-0.05, 0) is 0 Å². The summed E-state index contributed by atoms with van der Waals surface area (Å²) in [5, 5.41) is 7.20. The smallest absolute Gasteiger partial charge is 0.379 e. The van der Waals surface area contributed by atoms with E-state index in [0.29, 0.717) is 6.20 Å². The van der Waals surface area contributed by atoms with Crippen molar-refractivity contribution in [1.29, 1.82) is 0 Å². The van der Waals surface area contributed by atoms with Gasteiger partial charge in [-0.15, -0.1) is 11.3 Å². The van der Waals surface area contributed by atoms with Gasteiger partial charge >= 0.3 is 12.4 Å². The van der Waals surface area contributed by atoms with Crippen LogP contribution in [0.15, 0.2) is 6.20 Å². The van der Waals surface area contributed by atoms with E-state index >= 15 is 0 Å². The molecule has 0 saturated heterocycles. The Hall–Kier alpha value is -0.830. The summed E-state index contributed by atoms with van der Waals surface area (Å²) >= 11 is -0.231. The lowest BCUT2D eigenvalue weighted by atomic mass is 10.3. The van der Waals surface area contributed by atoms with Crippen molar-refractivity contribution >= 4 is 11.3 Å². The molecular weight excluding hydrogens is 248 g/mol. The van der Waals surface area contributed by atoms with E-state index in [1.165, 1.54) is 0 Å². The second-order valence-corrected chi connectivity index (χ2v) is 3.57. The van der Waals surface area contributed by atoms with Crippen LogP contribution in [0.4, 0.5) is 26.3 Å². The molecule has 0 amide bonds. The summed E-state index contributed by atoms with van der Waals surface area (Å²) in [6.45, 7) is 0. The molecule has 0 aromatic carbocycles. The minimum absolute atomic E-state index is 0.231.